The van der Waals surface area contributed by atoms with Crippen LogP contribution < -0.4 is 9.47 Å². The van der Waals surface area contributed by atoms with Gasteiger partial charge in [-0.05, 0) is 41.0 Å². The van der Waals surface area contributed by atoms with E-state index in [1.54, 1.807) is 7.11 Å². The Hall–Kier alpha value is -1.71. The molecule has 0 spiro atoms. The van der Waals surface area contributed by atoms with Gasteiger partial charge in [-0.1, -0.05) is 23.7 Å². The van der Waals surface area contributed by atoms with Gasteiger partial charge in [0.2, 0.25) is 0 Å². The maximum absolute atomic E-state index is 10.5. The minimum atomic E-state index is -0.619. The van der Waals surface area contributed by atoms with Gasteiger partial charge in [-0.2, -0.15) is 0 Å². The number of benzene rings is 2. The van der Waals surface area contributed by atoms with E-state index in [-0.39, 0.29) is 0 Å². The molecule has 21 heavy (non-hydrogen) atoms. The third kappa shape index (κ3) is 2.99. The number of rotatable bonds is 4. The van der Waals surface area contributed by atoms with Crippen molar-refractivity contribution in [2.24, 2.45) is 0 Å². The Morgan fingerprint density at radius 2 is 2.19 bits per heavy atom. The van der Waals surface area contributed by atoms with E-state index in [1.165, 1.54) is 0 Å². The third-order valence-corrected chi connectivity index (χ3v) is 3.94. The lowest BCUT2D eigenvalue weighted by Crippen LogP contribution is -2.03. The van der Waals surface area contributed by atoms with Gasteiger partial charge in [-0.3, -0.25) is 0 Å². The monoisotopic (exact) mass is 304 g/mol. The number of aliphatic hydroxyl groups is 1. The van der Waals surface area contributed by atoms with Crippen molar-refractivity contribution in [3.05, 3.63) is 58.1 Å². The standard InChI is InChI=1S/C17H17ClO3/c1-20-15-4-2-3-11(9-15)16(19)10-13-8-14(18)7-12-5-6-21-17(12)13/h2-4,7-9,16,19H,5-6,10H2,1H3. The predicted molar refractivity (Wildman–Crippen MR) is 82.3 cm³/mol. The fourth-order valence-corrected chi connectivity index (χ4v) is 2.94. The first kappa shape index (κ1) is 14.2. The van der Waals surface area contributed by atoms with Crippen molar-refractivity contribution in [1.82, 2.24) is 0 Å². The first-order valence-corrected chi connectivity index (χ1v) is 7.31. The summed E-state index contributed by atoms with van der Waals surface area (Å²) in [6, 6.07) is 11.3. The van der Waals surface area contributed by atoms with Crippen LogP contribution in [0.25, 0.3) is 0 Å². The van der Waals surface area contributed by atoms with Crippen LogP contribution in [0.15, 0.2) is 36.4 Å². The molecule has 3 rings (SSSR count). The number of halogens is 1. The quantitative estimate of drug-likeness (QED) is 0.938. The summed E-state index contributed by atoms with van der Waals surface area (Å²) < 4.78 is 10.9. The molecule has 0 bridgehead atoms. The van der Waals surface area contributed by atoms with Gasteiger partial charge in [0.05, 0.1) is 19.8 Å². The van der Waals surface area contributed by atoms with E-state index in [1.807, 2.05) is 36.4 Å². The summed E-state index contributed by atoms with van der Waals surface area (Å²) in [6.07, 6.45) is 0.723. The molecule has 2 aromatic rings. The third-order valence-electron chi connectivity index (χ3n) is 3.72. The largest absolute Gasteiger partial charge is 0.497 e. The second-order valence-electron chi connectivity index (χ2n) is 5.15. The van der Waals surface area contributed by atoms with Crippen LogP contribution in [0.4, 0.5) is 0 Å². The number of aliphatic hydroxyl groups excluding tert-OH is 1. The molecule has 1 atom stereocenters. The first-order chi connectivity index (χ1) is 10.2. The van der Waals surface area contributed by atoms with E-state index in [0.29, 0.717) is 18.1 Å². The second-order valence-corrected chi connectivity index (χ2v) is 5.58. The average Bonchev–Trinajstić information content (AvgIpc) is 2.95. The van der Waals surface area contributed by atoms with Gasteiger partial charge in [0, 0.05) is 17.9 Å². The van der Waals surface area contributed by atoms with Gasteiger partial charge >= 0.3 is 0 Å². The molecule has 4 heteroatoms. The van der Waals surface area contributed by atoms with Crippen LogP contribution in [0.1, 0.15) is 22.8 Å². The average molecular weight is 305 g/mol. The van der Waals surface area contributed by atoms with Crippen LogP contribution in [0.3, 0.4) is 0 Å². The molecule has 1 unspecified atom stereocenters. The van der Waals surface area contributed by atoms with Crippen molar-refractivity contribution in [2.75, 3.05) is 13.7 Å². The Bertz CT molecular complexity index is 654. The van der Waals surface area contributed by atoms with Crippen molar-refractivity contribution in [3.8, 4) is 11.5 Å². The summed E-state index contributed by atoms with van der Waals surface area (Å²) in [5, 5.41) is 11.1. The van der Waals surface area contributed by atoms with Gasteiger partial charge in [0.1, 0.15) is 11.5 Å². The van der Waals surface area contributed by atoms with Gasteiger partial charge in [0.15, 0.2) is 0 Å². The molecule has 0 saturated heterocycles. The topological polar surface area (TPSA) is 38.7 Å². The van der Waals surface area contributed by atoms with Crippen LogP contribution in [0, 0.1) is 0 Å². The summed E-state index contributed by atoms with van der Waals surface area (Å²) in [5.41, 5.74) is 2.89. The van der Waals surface area contributed by atoms with E-state index >= 15 is 0 Å². The molecule has 1 aliphatic rings. The van der Waals surface area contributed by atoms with E-state index in [0.717, 1.165) is 34.6 Å². The summed E-state index contributed by atoms with van der Waals surface area (Å²) in [7, 11) is 1.61. The zero-order chi connectivity index (χ0) is 14.8. The summed E-state index contributed by atoms with van der Waals surface area (Å²) in [5.74, 6) is 1.61. The highest BCUT2D eigenvalue weighted by atomic mass is 35.5. The van der Waals surface area contributed by atoms with E-state index < -0.39 is 6.10 Å². The fraction of sp³-hybridized carbons (Fsp3) is 0.294. The normalized spacial score (nSPS) is 14.4. The molecule has 0 aliphatic carbocycles. The van der Waals surface area contributed by atoms with Crippen molar-refractivity contribution in [1.29, 1.82) is 0 Å². The molecular formula is C17H17ClO3. The van der Waals surface area contributed by atoms with Crippen LogP contribution in [0.2, 0.25) is 5.02 Å². The summed E-state index contributed by atoms with van der Waals surface area (Å²) in [6.45, 7) is 0.679. The fourth-order valence-electron chi connectivity index (χ4n) is 2.67. The number of methoxy groups -OCH3 is 1. The lowest BCUT2D eigenvalue weighted by molar-refractivity contribution is 0.176. The van der Waals surface area contributed by atoms with E-state index in [4.69, 9.17) is 21.1 Å². The van der Waals surface area contributed by atoms with E-state index in [2.05, 4.69) is 0 Å². The zero-order valence-corrected chi connectivity index (χ0v) is 12.6. The van der Waals surface area contributed by atoms with Crippen LogP contribution in [0.5, 0.6) is 11.5 Å². The Morgan fingerprint density at radius 1 is 1.33 bits per heavy atom. The molecule has 1 aliphatic heterocycles. The number of ether oxygens (including phenoxy) is 2. The van der Waals surface area contributed by atoms with Crippen LogP contribution in [-0.2, 0) is 12.8 Å². The Balaban J connectivity index is 1.86. The van der Waals surface area contributed by atoms with Gasteiger partial charge in [0.25, 0.3) is 0 Å². The molecule has 110 valence electrons. The second kappa shape index (κ2) is 5.96. The smallest absolute Gasteiger partial charge is 0.126 e. The molecule has 0 aromatic heterocycles. The molecule has 0 radical (unpaired) electrons. The van der Waals surface area contributed by atoms with Crippen LogP contribution in [-0.4, -0.2) is 18.8 Å². The molecule has 0 fully saturated rings. The lowest BCUT2D eigenvalue weighted by atomic mass is 9.98. The highest BCUT2D eigenvalue weighted by Gasteiger charge is 2.20. The molecule has 1 N–H and O–H groups in total. The maximum Gasteiger partial charge on any atom is 0.126 e. The molecular weight excluding hydrogens is 288 g/mol. The molecule has 1 heterocycles. The first-order valence-electron chi connectivity index (χ1n) is 6.93. The Labute approximate surface area is 129 Å². The van der Waals surface area contributed by atoms with Gasteiger partial charge < -0.3 is 14.6 Å². The zero-order valence-electron chi connectivity index (χ0n) is 11.8. The Kier molecular flexibility index (Phi) is 4.04. The van der Waals surface area contributed by atoms with Crippen LogP contribution >= 0.6 is 11.6 Å². The maximum atomic E-state index is 10.5. The van der Waals surface area contributed by atoms with Crippen molar-refractivity contribution >= 4 is 11.6 Å². The summed E-state index contributed by atoms with van der Waals surface area (Å²) in [4.78, 5) is 0. The van der Waals surface area contributed by atoms with E-state index in [9.17, 15) is 5.11 Å². The number of hydrogen-bond acceptors (Lipinski definition) is 3. The summed E-state index contributed by atoms with van der Waals surface area (Å²) >= 11 is 6.15. The van der Waals surface area contributed by atoms with Gasteiger partial charge in [-0.25, -0.2) is 0 Å². The minimum absolute atomic E-state index is 0.468. The van der Waals surface area contributed by atoms with Gasteiger partial charge in [-0.15, -0.1) is 0 Å². The van der Waals surface area contributed by atoms with Crippen molar-refractivity contribution in [2.45, 2.75) is 18.9 Å². The van der Waals surface area contributed by atoms with Crippen molar-refractivity contribution < 1.29 is 14.6 Å². The molecule has 0 amide bonds. The SMILES string of the molecule is COc1cccc(C(O)Cc2cc(Cl)cc3c2OCC3)c1. The lowest BCUT2D eigenvalue weighted by Gasteiger charge is -2.15. The predicted octanol–water partition coefficient (Wildman–Crippen LogP) is 3.56. The highest BCUT2D eigenvalue weighted by Crippen LogP contribution is 2.35. The molecule has 3 nitrogen and oxygen atoms in total. The number of hydrogen-bond donors (Lipinski definition) is 1. The number of fused-ring (bicyclic) bond motifs is 1. The Morgan fingerprint density at radius 3 is 3.00 bits per heavy atom. The highest BCUT2D eigenvalue weighted by molar-refractivity contribution is 6.30. The minimum Gasteiger partial charge on any atom is -0.497 e. The van der Waals surface area contributed by atoms with Crippen molar-refractivity contribution in [3.63, 3.8) is 0 Å². The molecule has 2 aromatic carbocycles. The molecule has 0 saturated carbocycles.